The minimum absolute atomic E-state index is 0.0826. The highest BCUT2D eigenvalue weighted by Crippen LogP contribution is 2.28. The molecule has 1 aromatic carbocycles. The molecule has 9 heteroatoms. The molecule has 1 fully saturated rings. The largest absolute Gasteiger partial charge is 0.438 e. The van der Waals surface area contributed by atoms with E-state index >= 15 is 0 Å². The van der Waals surface area contributed by atoms with E-state index in [4.69, 9.17) is 8.83 Å². The standard InChI is InChI=1S/C20H24N4O4S/c1-14(2)19-21-22-20(28-19)17-8-9-18(27-17)29(25,26)24-12-10-23(11-13-24)16-6-4-15(3)5-7-16/h4-9,14H,10-13H2,1-3H3. The third kappa shape index (κ3) is 3.92. The highest BCUT2D eigenvalue weighted by molar-refractivity contribution is 7.89. The van der Waals surface area contributed by atoms with Crippen molar-refractivity contribution in [1.82, 2.24) is 14.5 Å². The molecule has 1 aliphatic rings. The number of rotatable bonds is 5. The number of piperazine rings is 1. The van der Waals surface area contributed by atoms with Gasteiger partial charge in [-0.2, -0.15) is 4.31 Å². The van der Waals surface area contributed by atoms with Crippen LogP contribution in [0.2, 0.25) is 0 Å². The van der Waals surface area contributed by atoms with Gasteiger partial charge in [-0.3, -0.25) is 0 Å². The molecule has 29 heavy (non-hydrogen) atoms. The summed E-state index contributed by atoms with van der Waals surface area (Å²) in [6.07, 6.45) is 0. The number of nitrogens with zero attached hydrogens (tertiary/aromatic N) is 4. The van der Waals surface area contributed by atoms with Crippen molar-refractivity contribution in [1.29, 1.82) is 0 Å². The Morgan fingerprint density at radius 3 is 2.24 bits per heavy atom. The average Bonchev–Trinajstić information content (AvgIpc) is 3.39. The Labute approximate surface area is 170 Å². The van der Waals surface area contributed by atoms with Gasteiger partial charge in [0.25, 0.3) is 15.9 Å². The lowest BCUT2D eigenvalue weighted by Crippen LogP contribution is -2.48. The highest BCUT2D eigenvalue weighted by atomic mass is 32.2. The normalized spacial score (nSPS) is 15.9. The second kappa shape index (κ2) is 7.64. The number of aromatic nitrogens is 2. The molecule has 0 radical (unpaired) electrons. The van der Waals surface area contributed by atoms with E-state index in [1.54, 1.807) is 6.07 Å². The number of hydrogen-bond donors (Lipinski definition) is 0. The van der Waals surface area contributed by atoms with Crippen molar-refractivity contribution >= 4 is 15.7 Å². The van der Waals surface area contributed by atoms with Gasteiger partial charge >= 0.3 is 0 Å². The molecule has 1 saturated heterocycles. The summed E-state index contributed by atoms with van der Waals surface area (Å²) >= 11 is 0. The van der Waals surface area contributed by atoms with E-state index in [0.29, 0.717) is 32.1 Å². The lowest BCUT2D eigenvalue weighted by molar-refractivity contribution is 0.361. The molecule has 0 aliphatic carbocycles. The summed E-state index contributed by atoms with van der Waals surface area (Å²) in [5.74, 6) is 0.993. The monoisotopic (exact) mass is 416 g/mol. The van der Waals surface area contributed by atoms with Gasteiger partial charge < -0.3 is 13.7 Å². The van der Waals surface area contributed by atoms with Gasteiger partial charge in [0.2, 0.25) is 11.0 Å². The zero-order valence-corrected chi connectivity index (χ0v) is 17.5. The first-order valence-corrected chi connectivity index (χ1v) is 11.0. The maximum atomic E-state index is 13.0. The van der Waals surface area contributed by atoms with Gasteiger partial charge in [0.15, 0.2) is 5.76 Å². The fourth-order valence-corrected chi connectivity index (χ4v) is 4.54. The van der Waals surface area contributed by atoms with Crippen LogP contribution in [0.25, 0.3) is 11.7 Å². The summed E-state index contributed by atoms with van der Waals surface area (Å²) in [6.45, 7) is 7.95. The first kappa shape index (κ1) is 19.7. The number of anilines is 1. The third-order valence-corrected chi connectivity index (χ3v) is 6.73. The minimum atomic E-state index is -3.72. The second-order valence-corrected chi connectivity index (χ2v) is 9.31. The quantitative estimate of drug-likeness (QED) is 0.630. The summed E-state index contributed by atoms with van der Waals surface area (Å²) in [6, 6.07) is 11.2. The number of aryl methyl sites for hydroxylation is 1. The maximum absolute atomic E-state index is 13.0. The number of benzene rings is 1. The van der Waals surface area contributed by atoms with E-state index in [1.165, 1.54) is 15.9 Å². The van der Waals surface area contributed by atoms with Crippen LogP contribution in [0.3, 0.4) is 0 Å². The van der Waals surface area contributed by atoms with E-state index in [2.05, 4.69) is 39.4 Å². The number of hydrogen-bond acceptors (Lipinski definition) is 7. The van der Waals surface area contributed by atoms with E-state index < -0.39 is 10.0 Å². The first-order valence-electron chi connectivity index (χ1n) is 9.60. The lowest BCUT2D eigenvalue weighted by Gasteiger charge is -2.34. The molecule has 3 heterocycles. The van der Waals surface area contributed by atoms with Crippen LogP contribution < -0.4 is 4.90 Å². The predicted octanol–water partition coefficient (Wildman–Crippen LogP) is 3.27. The van der Waals surface area contributed by atoms with Gasteiger partial charge in [0.05, 0.1) is 0 Å². The Morgan fingerprint density at radius 2 is 1.62 bits per heavy atom. The van der Waals surface area contributed by atoms with Crippen molar-refractivity contribution in [3.8, 4) is 11.7 Å². The van der Waals surface area contributed by atoms with E-state index in [-0.39, 0.29) is 22.7 Å². The van der Waals surface area contributed by atoms with Crippen molar-refractivity contribution in [3.63, 3.8) is 0 Å². The molecule has 3 aromatic rings. The Bertz CT molecular complexity index is 1080. The van der Waals surface area contributed by atoms with Crippen molar-refractivity contribution in [2.24, 2.45) is 0 Å². The van der Waals surface area contributed by atoms with Gasteiger partial charge in [-0.25, -0.2) is 8.42 Å². The summed E-state index contributed by atoms with van der Waals surface area (Å²) in [5, 5.41) is 7.78. The first-order chi connectivity index (χ1) is 13.8. The van der Waals surface area contributed by atoms with Crippen molar-refractivity contribution < 1.29 is 17.3 Å². The molecule has 154 valence electrons. The van der Waals surface area contributed by atoms with E-state index in [1.807, 2.05) is 20.8 Å². The number of furan rings is 1. The Balaban J connectivity index is 1.46. The van der Waals surface area contributed by atoms with Crippen LogP contribution in [0.15, 0.2) is 50.3 Å². The fraction of sp³-hybridized carbons (Fsp3) is 0.400. The molecular formula is C20H24N4O4S. The SMILES string of the molecule is Cc1ccc(N2CCN(S(=O)(=O)c3ccc(-c4nnc(C(C)C)o4)o3)CC2)cc1. The van der Waals surface area contributed by atoms with Crippen LogP contribution in [-0.2, 0) is 10.0 Å². The molecule has 0 atom stereocenters. The molecule has 1 aliphatic heterocycles. The zero-order chi connectivity index (χ0) is 20.6. The highest BCUT2D eigenvalue weighted by Gasteiger charge is 2.31. The molecule has 0 bridgehead atoms. The Morgan fingerprint density at radius 1 is 0.931 bits per heavy atom. The van der Waals surface area contributed by atoms with Gasteiger partial charge in [-0.15, -0.1) is 10.2 Å². The van der Waals surface area contributed by atoms with Gasteiger partial charge in [-0.1, -0.05) is 31.5 Å². The summed E-state index contributed by atoms with van der Waals surface area (Å²) in [5.41, 5.74) is 2.30. The lowest BCUT2D eigenvalue weighted by atomic mass is 10.2. The molecule has 0 unspecified atom stereocenters. The van der Waals surface area contributed by atoms with Crippen LogP contribution in [0.5, 0.6) is 0 Å². The summed E-state index contributed by atoms with van der Waals surface area (Å²) < 4.78 is 38.5. The maximum Gasteiger partial charge on any atom is 0.283 e. The van der Waals surface area contributed by atoms with Crippen LogP contribution >= 0.6 is 0 Å². The van der Waals surface area contributed by atoms with Crippen LogP contribution in [0.4, 0.5) is 5.69 Å². The zero-order valence-electron chi connectivity index (χ0n) is 16.7. The molecule has 4 rings (SSSR count). The second-order valence-electron chi connectivity index (χ2n) is 7.45. The summed E-state index contributed by atoms with van der Waals surface area (Å²) in [4.78, 5) is 2.19. The van der Waals surface area contributed by atoms with Gasteiger partial charge in [0, 0.05) is 37.8 Å². The van der Waals surface area contributed by atoms with Crippen molar-refractivity contribution in [2.45, 2.75) is 31.8 Å². The number of sulfonamides is 1. The molecule has 0 N–H and O–H groups in total. The van der Waals surface area contributed by atoms with Crippen LogP contribution in [0.1, 0.15) is 31.2 Å². The molecule has 0 saturated carbocycles. The van der Waals surface area contributed by atoms with Gasteiger partial charge in [0.1, 0.15) is 0 Å². The Kier molecular flexibility index (Phi) is 5.18. The van der Waals surface area contributed by atoms with Crippen molar-refractivity contribution in [2.75, 3.05) is 31.1 Å². The summed E-state index contributed by atoms with van der Waals surface area (Å²) in [7, 11) is -3.72. The minimum Gasteiger partial charge on any atom is -0.438 e. The van der Waals surface area contributed by atoms with E-state index in [9.17, 15) is 8.42 Å². The van der Waals surface area contributed by atoms with Gasteiger partial charge in [-0.05, 0) is 31.2 Å². The molecule has 0 amide bonds. The Hall–Kier alpha value is -2.65. The topological polar surface area (TPSA) is 92.7 Å². The van der Waals surface area contributed by atoms with Crippen LogP contribution in [-0.4, -0.2) is 49.1 Å². The third-order valence-electron chi connectivity index (χ3n) is 4.96. The fourth-order valence-electron chi connectivity index (χ4n) is 3.21. The molecule has 0 spiro atoms. The van der Waals surface area contributed by atoms with Crippen LogP contribution in [0, 0.1) is 6.92 Å². The predicted molar refractivity (Wildman–Crippen MR) is 108 cm³/mol. The average molecular weight is 417 g/mol. The van der Waals surface area contributed by atoms with E-state index in [0.717, 1.165) is 5.69 Å². The smallest absolute Gasteiger partial charge is 0.283 e. The molecule has 8 nitrogen and oxygen atoms in total. The van der Waals surface area contributed by atoms with Crippen molar-refractivity contribution in [3.05, 3.63) is 47.9 Å². The molecular weight excluding hydrogens is 392 g/mol. The molecule has 2 aromatic heterocycles.